The summed E-state index contributed by atoms with van der Waals surface area (Å²) in [4.78, 5) is 33.5. The summed E-state index contributed by atoms with van der Waals surface area (Å²) in [5.41, 5.74) is 0.241. The lowest BCUT2D eigenvalue weighted by molar-refractivity contribution is 0.0908. The fraction of sp³-hybridized carbons (Fsp3) is 0.750. The molecule has 26 heavy (non-hydrogen) atoms. The Labute approximate surface area is 155 Å². The van der Waals surface area contributed by atoms with Gasteiger partial charge < -0.3 is 15.2 Å². The van der Waals surface area contributed by atoms with E-state index >= 15 is 0 Å². The number of hydrogen-bond acceptors (Lipinski definition) is 4. The van der Waals surface area contributed by atoms with E-state index in [1.54, 1.807) is 6.07 Å². The molecular formula is C20H32N4O2. The molecule has 1 aliphatic heterocycles. The summed E-state index contributed by atoms with van der Waals surface area (Å²) in [7, 11) is 0. The van der Waals surface area contributed by atoms with E-state index in [1.165, 1.54) is 38.6 Å². The number of aromatic nitrogens is 2. The molecule has 0 spiro atoms. The minimum Gasteiger partial charge on any atom is -0.350 e. The van der Waals surface area contributed by atoms with Gasteiger partial charge in [0, 0.05) is 30.2 Å². The third-order valence-electron chi connectivity index (χ3n) is 5.73. The number of nitrogens with zero attached hydrogens (tertiary/aromatic N) is 2. The lowest BCUT2D eigenvalue weighted by Crippen LogP contribution is -2.45. The van der Waals surface area contributed by atoms with Crippen molar-refractivity contribution in [2.45, 2.75) is 70.8 Å². The molecule has 1 atom stereocenters. The molecule has 2 aliphatic rings. The normalized spacial score (nSPS) is 22.5. The van der Waals surface area contributed by atoms with Crippen molar-refractivity contribution < 1.29 is 4.79 Å². The van der Waals surface area contributed by atoms with Gasteiger partial charge in [-0.15, -0.1) is 0 Å². The Kier molecular flexibility index (Phi) is 5.80. The topological polar surface area (TPSA) is 78.1 Å². The molecule has 0 bridgehead atoms. The molecule has 2 fully saturated rings. The number of carbonyl (C=O) groups is 1. The number of H-pyrrole nitrogens is 1. The van der Waals surface area contributed by atoms with Crippen molar-refractivity contribution in [3.63, 3.8) is 0 Å². The standard InChI is InChI=1S/C20H32N4O2/c1-20(2,3)17-11-16(22-19(26)23-17)18(25)21-12-14-7-6-10-24(13-14)15-8-4-5-9-15/h11,14-15H,4-10,12-13H2,1-3H3,(H,21,25)(H,22,23,26)/t14-/m1/s1. The Balaban J connectivity index is 1.58. The van der Waals surface area contributed by atoms with Gasteiger partial charge in [-0.3, -0.25) is 4.79 Å². The largest absolute Gasteiger partial charge is 0.350 e. The number of amides is 1. The molecule has 6 heteroatoms. The van der Waals surface area contributed by atoms with Gasteiger partial charge in [-0.25, -0.2) is 4.79 Å². The molecule has 144 valence electrons. The van der Waals surface area contributed by atoms with Gasteiger partial charge in [0.15, 0.2) is 0 Å². The zero-order valence-electron chi connectivity index (χ0n) is 16.3. The van der Waals surface area contributed by atoms with Crippen molar-refractivity contribution in [1.29, 1.82) is 0 Å². The van der Waals surface area contributed by atoms with Crippen LogP contribution < -0.4 is 11.0 Å². The zero-order chi connectivity index (χ0) is 18.7. The van der Waals surface area contributed by atoms with Crippen LogP contribution in [0.25, 0.3) is 0 Å². The maximum atomic E-state index is 12.5. The van der Waals surface area contributed by atoms with E-state index in [2.05, 4.69) is 20.2 Å². The molecule has 1 saturated carbocycles. The highest BCUT2D eigenvalue weighted by Gasteiger charge is 2.28. The summed E-state index contributed by atoms with van der Waals surface area (Å²) in [6, 6.07) is 2.44. The number of likely N-dealkylation sites (tertiary alicyclic amines) is 1. The summed E-state index contributed by atoms with van der Waals surface area (Å²) in [6.45, 7) is 8.92. The third-order valence-corrected chi connectivity index (χ3v) is 5.73. The first-order chi connectivity index (χ1) is 12.3. The predicted octanol–water partition coefficient (Wildman–Crippen LogP) is 2.45. The first-order valence-electron chi connectivity index (χ1n) is 9.97. The van der Waals surface area contributed by atoms with Crippen LogP contribution in [-0.2, 0) is 5.41 Å². The minimum atomic E-state index is -0.465. The third kappa shape index (κ3) is 4.72. The van der Waals surface area contributed by atoms with Crippen molar-refractivity contribution in [2.24, 2.45) is 5.92 Å². The van der Waals surface area contributed by atoms with Crippen LogP contribution in [0.15, 0.2) is 10.9 Å². The summed E-state index contributed by atoms with van der Waals surface area (Å²) in [5.74, 6) is 0.233. The molecule has 1 aromatic rings. The molecule has 6 nitrogen and oxygen atoms in total. The van der Waals surface area contributed by atoms with Crippen LogP contribution in [0.4, 0.5) is 0 Å². The van der Waals surface area contributed by atoms with E-state index in [0.29, 0.717) is 12.5 Å². The Morgan fingerprint density at radius 1 is 1.27 bits per heavy atom. The first kappa shape index (κ1) is 19.1. The first-order valence-corrected chi connectivity index (χ1v) is 9.97. The number of aromatic amines is 1. The van der Waals surface area contributed by atoms with Crippen LogP contribution in [-0.4, -0.2) is 46.5 Å². The Bertz CT molecular complexity index is 686. The smallest absolute Gasteiger partial charge is 0.345 e. The van der Waals surface area contributed by atoms with Crippen molar-refractivity contribution in [3.8, 4) is 0 Å². The SMILES string of the molecule is CC(C)(C)c1cc(C(=O)NC[C@H]2CCCN(C3CCCC3)C2)nc(=O)[nH]1. The molecule has 2 heterocycles. The second-order valence-electron chi connectivity index (χ2n) is 8.89. The van der Waals surface area contributed by atoms with Crippen molar-refractivity contribution in [1.82, 2.24) is 20.2 Å². The molecule has 0 radical (unpaired) electrons. The monoisotopic (exact) mass is 360 g/mol. The molecular weight excluding hydrogens is 328 g/mol. The molecule has 1 saturated heterocycles. The van der Waals surface area contributed by atoms with Crippen LogP contribution in [0.3, 0.4) is 0 Å². The number of hydrogen-bond donors (Lipinski definition) is 2. The number of carbonyl (C=O) groups excluding carboxylic acids is 1. The fourth-order valence-corrected chi connectivity index (χ4v) is 4.17. The average Bonchev–Trinajstić information content (AvgIpc) is 3.13. The van der Waals surface area contributed by atoms with Gasteiger partial charge in [-0.05, 0) is 44.2 Å². The second-order valence-corrected chi connectivity index (χ2v) is 8.89. The van der Waals surface area contributed by atoms with E-state index in [0.717, 1.165) is 24.7 Å². The number of nitrogens with one attached hydrogen (secondary N) is 2. The van der Waals surface area contributed by atoms with Gasteiger partial charge in [0.2, 0.25) is 0 Å². The quantitative estimate of drug-likeness (QED) is 0.864. The molecule has 1 amide bonds. The van der Waals surface area contributed by atoms with Crippen LogP contribution in [0.5, 0.6) is 0 Å². The maximum Gasteiger partial charge on any atom is 0.345 e. The van der Waals surface area contributed by atoms with Gasteiger partial charge in [0.05, 0.1) is 0 Å². The van der Waals surface area contributed by atoms with Crippen LogP contribution in [0, 0.1) is 5.92 Å². The molecule has 1 aliphatic carbocycles. The molecule has 3 rings (SSSR count). The van der Waals surface area contributed by atoms with Crippen molar-refractivity contribution in [2.75, 3.05) is 19.6 Å². The maximum absolute atomic E-state index is 12.5. The van der Waals surface area contributed by atoms with E-state index in [-0.39, 0.29) is 17.0 Å². The zero-order valence-corrected chi connectivity index (χ0v) is 16.3. The van der Waals surface area contributed by atoms with Gasteiger partial charge in [-0.2, -0.15) is 4.98 Å². The molecule has 0 unspecified atom stereocenters. The summed E-state index contributed by atoms with van der Waals surface area (Å²) in [6.07, 6.45) is 7.71. The van der Waals surface area contributed by atoms with E-state index in [4.69, 9.17) is 0 Å². The van der Waals surface area contributed by atoms with Gasteiger partial charge >= 0.3 is 5.69 Å². The van der Waals surface area contributed by atoms with Crippen molar-refractivity contribution >= 4 is 5.91 Å². The predicted molar refractivity (Wildman–Crippen MR) is 102 cm³/mol. The van der Waals surface area contributed by atoms with E-state index in [9.17, 15) is 9.59 Å². The second kappa shape index (κ2) is 7.91. The molecule has 0 aromatic carbocycles. The van der Waals surface area contributed by atoms with Crippen LogP contribution in [0.1, 0.15) is 75.5 Å². The number of rotatable bonds is 4. The highest BCUT2D eigenvalue weighted by molar-refractivity contribution is 5.92. The highest BCUT2D eigenvalue weighted by atomic mass is 16.2. The summed E-state index contributed by atoms with van der Waals surface area (Å²) >= 11 is 0. The Morgan fingerprint density at radius 3 is 2.69 bits per heavy atom. The molecule has 1 aromatic heterocycles. The van der Waals surface area contributed by atoms with E-state index in [1.807, 2.05) is 20.8 Å². The molecule has 2 N–H and O–H groups in total. The summed E-state index contributed by atoms with van der Waals surface area (Å²) in [5, 5.41) is 3.00. The van der Waals surface area contributed by atoms with Gasteiger partial charge in [0.1, 0.15) is 5.69 Å². The Hall–Kier alpha value is -1.69. The average molecular weight is 361 g/mol. The minimum absolute atomic E-state index is 0.210. The number of piperidine rings is 1. The van der Waals surface area contributed by atoms with Crippen LogP contribution in [0.2, 0.25) is 0 Å². The van der Waals surface area contributed by atoms with E-state index < -0.39 is 5.69 Å². The Morgan fingerprint density at radius 2 is 2.00 bits per heavy atom. The highest BCUT2D eigenvalue weighted by Crippen LogP contribution is 2.27. The lowest BCUT2D eigenvalue weighted by Gasteiger charge is -2.36. The lowest BCUT2D eigenvalue weighted by atomic mass is 9.91. The van der Waals surface area contributed by atoms with Crippen molar-refractivity contribution in [3.05, 3.63) is 27.9 Å². The summed E-state index contributed by atoms with van der Waals surface area (Å²) < 4.78 is 0. The van der Waals surface area contributed by atoms with Crippen LogP contribution >= 0.6 is 0 Å². The van der Waals surface area contributed by atoms with Gasteiger partial charge in [0.25, 0.3) is 5.91 Å². The fourth-order valence-electron chi connectivity index (χ4n) is 4.17. The van der Waals surface area contributed by atoms with Gasteiger partial charge in [-0.1, -0.05) is 33.6 Å².